The van der Waals surface area contributed by atoms with E-state index >= 15 is 0 Å². The maximum Gasteiger partial charge on any atom is 0.337 e. The molecular weight excluding hydrogens is 214 g/mol. The molecule has 0 aliphatic carbocycles. The molecule has 1 aliphatic rings. The molecule has 1 aromatic carbocycles. The Bertz CT molecular complexity index is 412. The molecule has 0 atom stereocenters. The Hall–Kier alpha value is -1.61. The second-order valence-corrected chi connectivity index (χ2v) is 4.20. The molecule has 1 fully saturated rings. The van der Waals surface area contributed by atoms with Crippen LogP contribution in [0.25, 0.3) is 6.08 Å². The minimum Gasteiger partial charge on any atom is -0.465 e. The molecule has 3 nitrogen and oxygen atoms in total. The quantitative estimate of drug-likeness (QED) is 0.793. The van der Waals surface area contributed by atoms with Crippen LogP contribution in [0.2, 0.25) is 0 Å². The van der Waals surface area contributed by atoms with Crippen molar-refractivity contribution in [2.45, 2.75) is 12.8 Å². The lowest BCUT2D eigenvalue weighted by atomic mass is 10.0. The number of piperidine rings is 1. The summed E-state index contributed by atoms with van der Waals surface area (Å²) in [5.74, 6) is -0.288. The highest BCUT2D eigenvalue weighted by molar-refractivity contribution is 5.89. The van der Waals surface area contributed by atoms with E-state index in [0.29, 0.717) is 5.56 Å². The van der Waals surface area contributed by atoms with Gasteiger partial charge in [0.25, 0.3) is 0 Å². The van der Waals surface area contributed by atoms with Gasteiger partial charge in [0.1, 0.15) is 0 Å². The molecule has 1 aliphatic heterocycles. The third kappa shape index (κ3) is 3.17. The largest absolute Gasteiger partial charge is 0.465 e. The van der Waals surface area contributed by atoms with Crippen LogP contribution in [-0.2, 0) is 4.74 Å². The minimum atomic E-state index is -0.288. The highest BCUT2D eigenvalue weighted by Crippen LogP contribution is 2.14. The normalized spacial score (nSPS) is 18.1. The second kappa shape index (κ2) is 5.64. The van der Waals surface area contributed by atoms with Gasteiger partial charge < -0.3 is 10.1 Å². The fourth-order valence-corrected chi connectivity index (χ4v) is 1.97. The van der Waals surface area contributed by atoms with Gasteiger partial charge in [-0.2, -0.15) is 0 Å². The van der Waals surface area contributed by atoms with Crippen LogP contribution < -0.4 is 5.32 Å². The highest BCUT2D eigenvalue weighted by atomic mass is 16.5. The van der Waals surface area contributed by atoms with Crippen LogP contribution in [-0.4, -0.2) is 26.2 Å². The number of ether oxygens (including phenoxy) is 1. The van der Waals surface area contributed by atoms with Crippen molar-refractivity contribution in [2.24, 2.45) is 0 Å². The summed E-state index contributed by atoms with van der Waals surface area (Å²) in [6, 6.07) is 7.50. The van der Waals surface area contributed by atoms with Crippen LogP contribution in [0.1, 0.15) is 28.8 Å². The van der Waals surface area contributed by atoms with Crippen molar-refractivity contribution in [3.05, 3.63) is 41.0 Å². The molecule has 1 aromatic rings. The van der Waals surface area contributed by atoms with Gasteiger partial charge in [0.05, 0.1) is 12.7 Å². The fourth-order valence-electron chi connectivity index (χ4n) is 1.97. The van der Waals surface area contributed by atoms with Gasteiger partial charge in [-0.05, 0) is 37.1 Å². The first-order chi connectivity index (χ1) is 8.29. The highest BCUT2D eigenvalue weighted by Gasteiger charge is 2.06. The summed E-state index contributed by atoms with van der Waals surface area (Å²) >= 11 is 0. The van der Waals surface area contributed by atoms with Gasteiger partial charge in [-0.1, -0.05) is 23.8 Å². The summed E-state index contributed by atoms with van der Waals surface area (Å²) < 4.78 is 4.66. The number of benzene rings is 1. The SMILES string of the molecule is COC(=O)c1ccc(/C=C2/CCCNC2)cc1. The molecule has 0 spiro atoms. The molecule has 17 heavy (non-hydrogen) atoms. The summed E-state index contributed by atoms with van der Waals surface area (Å²) in [5.41, 5.74) is 3.15. The number of methoxy groups -OCH3 is 1. The number of esters is 1. The molecule has 1 heterocycles. The summed E-state index contributed by atoms with van der Waals surface area (Å²) in [5, 5.41) is 3.35. The Balaban J connectivity index is 2.09. The van der Waals surface area contributed by atoms with E-state index in [9.17, 15) is 4.79 Å². The van der Waals surface area contributed by atoms with Crippen molar-refractivity contribution >= 4 is 12.0 Å². The number of rotatable bonds is 2. The Labute approximate surface area is 101 Å². The van der Waals surface area contributed by atoms with Gasteiger partial charge in [-0.15, -0.1) is 0 Å². The zero-order valence-corrected chi connectivity index (χ0v) is 10.0. The minimum absolute atomic E-state index is 0.288. The first-order valence-corrected chi connectivity index (χ1v) is 5.88. The van der Waals surface area contributed by atoms with Gasteiger partial charge in [-0.25, -0.2) is 4.79 Å². The number of nitrogens with one attached hydrogen (secondary N) is 1. The molecule has 0 bridgehead atoms. The van der Waals surface area contributed by atoms with E-state index in [4.69, 9.17) is 0 Å². The number of hydrogen-bond acceptors (Lipinski definition) is 3. The van der Waals surface area contributed by atoms with Gasteiger partial charge in [-0.3, -0.25) is 0 Å². The lowest BCUT2D eigenvalue weighted by Gasteiger charge is -2.15. The summed E-state index contributed by atoms with van der Waals surface area (Å²) in [6.07, 6.45) is 4.55. The monoisotopic (exact) mass is 231 g/mol. The molecule has 0 radical (unpaired) electrons. The lowest BCUT2D eigenvalue weighted by Crippen LogP contribution is -2.23. The predicted molar refractivity (Wildman–Crippen MR) is 67.9 cm³/mol. The predicted octanol–water partition coefficient (Wildman–Crippen LogP) is 2.24. The third-order valence-electron chi connectivity index (χ3n) is 2.91. The van der Waals surface area contributed by atoms with Crippen molar-refractivity contribution in [1.82, 2.24) is 5.32 Å². The van der Waals surface area contributed by atoms with E-state index in [1.165, 1.54) is 19.1 Å². The van der Waals surface area contributed by atoms with Crippen LogP contribution in [0.3, 0.4) is 0 Å². The van der Waals surface area contributed by atoms with Crippen LogP contribution in [0.4, 0.5) is 0 Å². The average molecular weight is 231 g/mol. The molecule has 90 valence electrons. The van der Waals surface area contributed by atoms with Gasteiger partial charge in [0.15, 0.2) is 0 Å². The van der Waals surface area contributed by atoms with Crippen molar-refractivity contribution < 1.29 is 9.53 Å². The zero-order valence-electron chi connectivity index (χ0n) is 10.0. The smallest absolute Gasteiger partial charge is 0.337 e. The Morgan fingerprint density at radius 3 is 2.71 bits per heavy atom. The van der Waals surface area contributed by atoms with E-state index in [1.54, 1.807) is 12.1 Å². The first kappa shape index (κ1) is 11.9. The standard InChI is InChI=1S/C14H17NO2/c1-17-14(16)13-6-4-11(5-7-13)9-12-3-2-8-15-10-12/h4-7,9,15H,2-3,8,10H2,1H3/b12-9-. The molecule has 1 saturated heterocycles. The summed E-state index contributed by atoms with van der Waals surface area (Å²) in [7, 11) is 1.39. The first-order valence-electron chi connectivity index (χ1n) is 5.88. The van der Waals surface area contributed by atoms with Crippen LogP contribution >= 0.6 is 0 Å². The van der Waals surface area contributed by atoms with Crippen molar-refractivity contribution in [3.63, 3.8) is 0 Å². The Morgan fingerprint density at radius 1 is 1.35 bits per heavy atom. The van der Waals surface area contributed by atoms with Crippen LogP contribution in [0, 0.1) is 0 Å². The van der Waals surface area contributed by atoms with Crippen molar-refractivity contribution in [1.29, 1.82) is 0 Å². The molecular formula is C14H17NO2. The van der Waals surface area contributed by atoms with Crippen LogP contribution in [0.5, 0.6) is 0 Å². The maximum absolute atomic E-state index is 11.3. The molecule has 1 N–H and O–H groups in total. The topological polar surface area (TPSA) is 38.3 Å². The molecule has 3 heteroatoms. The van der Waals surface area contributed by atoms with Crippen molar-refractivity contribution in [2.75, 3.05) is 20.2 Å². The fraction of sp³-hybridized carbons (Fsp3) is 0.357. The summed E-state index contributed by atoms with van der Waals surface area (Å²) in [4.78, 5) is 11.3. The lowest BCUT2D eigenvalue weighted by molar-refractivity contribution is 0.0601. The molecule has 0 unspecified atom stereocenters. The van der Waals surface area contributed by atoms with E-state index in [0.717, 1.165) is 25.1 Å². The van der Waals surface area contributed by atoms with Gasteiger partial charge in [0.2, 0.25) is 0 Å². The average Bonchev–Trinajstić information content (AvgIpc) is 2.40. The number of carbonyl (C=O) groups excluding carboxylic acids is 1. The van der Waals surface area contributed by atoms with E-state index in [2.05, 4.69) is 16.1 Å². The third-order valence-corrected chi connectivity index (χ3v) is 2.91. The van der Waals surface area contributed by atoms with E-state index in [-0.39, 0.29) is 5.97 Å². The van der Waals surface area contributed by atoms with E-state index < -0.39 is 0 Å². The number of carbonyl (C=O) groups is 1. The van der Waals surface area contributed by atoms with Gasteiger partial charge in [0, 0.05) is 6.54 Å². The molecule has 0 amide bonds. The second-order valence-electron chi connectivity index (χ2n) is 4.20. The summed E-state index contributed by atoms with van der Waals surface area (Å²) in [6.45, 7) is 2.08. The Kier molecular flexibility index (Phi) is 3.94. The van der Waals surface area contributed by atoms with Crippen molar-refractivity contribution in [3.8, 4) is 0 Å². The number of hydrogen-bond donors (Lipinski definition) is 1. The molecule has 0 aromatic heterocycles. The maximum atomic E-state index is 11.3. The molecule has 0 saturated carbocycles. The molecule has 2 rings (SSSR count). The Morgan fingerprint density at radius 2 is 2.12 bits per heavy atom. The van der Waals surface area contributed by atoms with Crippen LogP contribution in [0.15, 0.2) is 29.8 Å². The zero-order chi connectivity index (χ0) is 12.1. The van der Waals surface area contributed by atoms with Gasteiger partial charge >= 0.3 is 5.97 Å². The van der Waals surface area contributed by atoms with E-state index in [1.807, 2.05) is 12.1 Å².